The highest BCUT2D eigenvalue weighted by atomic mass is 35.5. The molecule has 9 heteroatoms. The Kier molecular flexibility index (Phi) is 8.34. The average Bonchev–Trinajstić information content (AvgIpc) is 2.72. The Bertz CT molecular complexity index is 874. The number of hydrogen-bond acceptors (Lipinski definition) is 5. The second-order valence-electron chi connectivity index (χ2n) is 7.51. The van der Waals surface area contributed by atoms with E-state index >= 15 is 0 Å². The van der Waals surface area contributed by atoms with Crippen molar-refractivity contribution in [1.29, 1.82) is 0 Å². The van der Waals surface area contributed by atoms with Gasteiger partial charge in [-0.1, -0.05) is 0 Å². The number of hydrogen-bond donors (Lipinski definition) is 2. The zero-order valence-corrected chi connectivity index (χ0v) is 18.2. The zero-order valence-electron chi connectivity index (χ0n) is 17.4. The number of carbonyl (C=O) groups excluding carboxylic acids is 1. The van der Waals surface area contributed by atoms with Gasteiger partial charge in [-0.2, -0.15) is 4.98 Å². The summed E-state index contributed by atoms with van der Waals surface area (Å²) in [5, 5.41) is 6.31. The Labute approximate surface area is 181 Å². The highest BCUT2D eigenvalue weighted by Gasteiger charge is 2.24. The summed E-state index contributed by atoms with van der Waals surface area (Å²) >= 11 is 0. The van der Waals surface area contributed by atoms with Crippen LogP contribution in [0.5, 0.6) is 0 Å². The van der Waals surface area contributed by atoms with Gasteiger partial charge in [0.1, 0.15) is 5.82 Å². The number of amides is 1. The monoisotopic (exact) mass is 439 g/mol. The molecule has 1 amide bonds. The SMILES string of the molecule is CCN(C)c1nc(NC2CCC(NC(=O)c3ccc(F)c(F)c3)CC2)ncc1C.Cl. The van der Waals surface area contributed by atoms with E-state index in [-0.39, 0.29) is 36.0 Å². The third-order valence-corrected chi connectivity index (χ3v) is 5.36. The lowest BCUT2D eigenvalue weighted by molar-refractivity contribution is 0.0926. The molecular weight excluding hydrogens is 412 g/mol. The van der Waals surface area contributed by atoms with Crippen LogP contribution in [0, 0.1) is 18.6 Å². The Morgan fingerprint density at radius 1 is 1.17 bits per heavy atom. The molecule has 1 aliphatic rings. The first-order valence-electron chi connectivity index (χ1n) is 9.94. The summed E-state index contributed by atoms with van der Waals surface area (Å²) in [6, 6.07) is 3.43. The lowest BCUT2D eigenvalue weighted by Crippen LogP contribution is -2.40. The predicted octanol–water partition coefficient (Wildman–Crippen LogP) is 4.09. The molecule has 2 N–H and O–H groups in total. The van der Waals surface area contributed by atoms with Crippen LogP contribution in [0.3, 0.4) is 0 Å². The van der Waals surface area contributed by atoms with Crippen molar-refractivity contribution in [3.05, 3.63) is 47.2 Å². The van der Waals surface area contributed by atoms with Crippen LogP contribution in [0.2, 0.25) is 0 Å². The van der Waals surface area contributed by atoms with E-state index in [1.165, 1.54) is 6.07 Å². The molecule has 30 heavy (non-hydrogen) atoms. The number of nitrogens with zero attached hydrogens (tertiary/aromatic N) is 3. The molecule has 1 aromatic carbocycles. The molecule has 1 aromatic heterocycles. The quantitative estimate of drug-likeness (QED) is 0.709. The maximum absolute atomic E-state index is 13.3. The standard InChI is InChI=1S/C21H27F2N5O.ClH/c1-4-28(3)19-13(2)12-24-21(27-19)26-16-8-6-15(7-9-16)25-20(29)14-5-10-17(22)18(23)11-14;/h5,10-12,15-16H,4,6-9H2,1-3H3,(H,25,29)(H,24,26,27);1H. The third-order valence-electron chi connectivity index (χ3n) is 5.36. The van der Waals surface area contributed by atoms with Crippen molar-refractivity contribution < 1.29 is 13.6 Å². The van der Waals surface area contributed by atoms with Gasteiger partial charge in [-0.15, -0.1) is 12.4 Å². The average molecular weight is 440 g/mol. The molecule has 0 unspecified atom stereocenters. The van der Waals surface area contributed by atoms with E-state index in [1.807, 2.05) is 20.2 Å². The summed E-state index contributed by atoms with van der Waals surface area (Å²) in [5.41, 5.74) is 1.16. The second-order valence-corrected chi connectivity index (χ2v) is 7.51. The van der Waals surface area contributed by atoms with Crippen LogP contribution in [0.1, 0.15) is 48.5 Å². The van der Waals surface area contributed by atoms with Crippen molar-refractivity contribution in [2.24, 2.45) is 0 Å². The first kappa shape index (κ1) is 23.8. The fourth-order valence-corrected chi connectivity index (χ4v) is 3.51. The normalized spacial score (nSPS) is 18.3. The van der Waals surface area contributed by atoms with Gasteiger partial charge in [-0.25, -0.2) is 13.8 Å². The van der Waals surface area contributed by atoms with E-state index in [0.29, 0.717) is 5.95 Å². The minimum atomic E-state index is -1.02. The summed E-state index contributed by atoms with van der Waals surface area (Å²) < 4.78 is 26.4. The number of nitrogens with one attached hydrogen (secondary N) is 2. The molecule has 1 heterocycles. The van der Waals surface area contributed by atoms with E-state index in [0.717, 1.165) is 55.7 Å². The molecule has 0 atom stereocenters. The van der Waals surface area contributed by atoms with Crippen molar-refractivity contribution in [2.75, 3.05) is 23.8 Å². The zero-order chi connectivity index (χ0) is 21.0. The highest BCUT2D eigenvalue weighted by Crippen LogP contribution is 2.23. The second kappa shape index (κ2) is 10.5. The molecule has 1 aliphatic carbocycles. The van der Waals surface area contributed by atoms with Gasteiger partial charge in [0, 0.05) is 43.0 Å². The Morgan fingerprint density at radius 2 is 1.83 bits per heavy atom. The third kappa shape index (κ3) is 5.78. The lowest BCUT2D eigenvalue weighted by atomic mass is 9.91. The Morgan fingerprint density at radius 3 is 2.47 bits per heavy atom. The van der Waals surface area contributed by atoms with Crippen molar-refractivity contribution in [3.8, 4) is 0 Å². The van der Waals surface area contributed by atoms with Crippen LogP contribution in [0.25, 0.3) is 0 Å². The first-order valence-corrected chi connectivity index (χ1v) is 9.94. The Hall–Kier alpha value is -2.48. The van der Waals surface area contributed by atoms with Crippen molar-refractivity contribution in [1.82, 2.24) is 15.3 Å². The van der Waals surface area contributed by atoms with Gasteiger partial charge in [0.15, 0.2) is 11.6 Å². The van der Waals surface area contributed by atoms with Crippen LogP contribution in [-0.2, 0) is 0 Å². The van der Waals surface area contributed by atoms with E-state index < -0.39 is 11.6 Å². The molecule has 1 saturated carbocycles. The summed E-state index contributed by atoms with van der Waals surface area (Å²) in [6.45, 7) is 4.93. The molecular formula is C21H28ClF2N5O. The molecule has 0 aliphatic heterocycles. The summed E-state index contributed by atoms with van der Waals surface area (Å²) in [6.07, 6.45) is 5.13. The minimum absolute atomic E-state index is 0. The van der Waals surface area contributed by atoms with Gasteiger partial charge in [-0.05, 0) is 57.7 Å². The van der Waals surface area contributed by atoms with Crippen LogP contribution < -0.4 is 15.5 Å². The van der Waals surface area contributed by atoms with Crippen molar-refractivity contribution >= 4 is 30.1 Å². The molecule has 0 spiro atoms. The van der Waals surface area contributed by atoms with Crippen molar-refractivity contribution in [2.45, 2.75) is 51.6 Å². The van der Waals surface area contributed by atoms with Crippen LogP contribution in [-0.4, -0.2) is 41.6 Å². The summed E-state index contributed by atoms with van der Waals surface area (Å²) in [5.74, 6) is -0.830. The van der Waals surface area contributed by atoms with E-state index in [2.05, 4.69) is 32.4 Å². The molecule has 3 rings (SSSR count). The number of aryl methyl sites for hydroxylation is 1. The van der Waals surface area contributed by atoms with Gasteiger partial charge < -0.3 is 15.5 Å². The topological polar surface area (TPSA) is 70.2 Å². The Balaban J connectivity index is 0.00000320. The van der Waals surface area contributed by atoms with Crippen LogP contribution in [0.4, 0.5) is 20.5 Å². The van der Waals surface area contributed by atoms with Gasteiger partial charge in [0.05, 0.1) is 0 Å². The smallest absolute Gasteiger partial charge is 0.251 e. The molecule has 0 bridgehead atoms. The first-order chi connectivity index (χ1) is 13.9. The minimum Gasteiger partial charge on any atom is -0.360 e. The summed E-state index contributed by atoms with van der Waals surface area (Å²) in [7, 11) is 2.00. The maximum atomic E-state index is 13.3. The number of halogens is 3. The maximum Gasteiger partial charge on any atom is 0.251 e. The molecule has 0 radical (unpaired) electrons. The van der Waals surface area contributed by atoms with Gasteiger partial charge in [0.25, 0.3) is 5.91 Å². The van der Waals surface area contributed by atoms with Crippen LogP contribution in [0.15, 0.2) is 24.4 Å². The molecule has 6 nitrogen and oxygen atoms in total. The van der Waals surface area contributed by atoms with Crippen LogP contribution >= 0.6 is 12.4 Å². The van der Waals surface area contributed by atoms with Gasteiger partial charge in [-0.3, -0.25) is 4.79 Å². The number of anilines is 2. The number of benzene rings is 1. The fraction of sp³-hybridized carbons (Fsp3) is 0.476. The molecule has 1 fully saturated rings. The highest BCUT2D eigenvalue weighted by molar-refractivity contribution is 5.94. The summed E-state index contributed by atoms with van der Waals surface area (Å²) in [4.78, 5) is 23.4. The van der Waals surface area contributed by atoms with Gasteiger partial charge in [0.2, 0.25) is 5.95 Å². The van der Waals surface area contributed by atoms with Crippen molar-refractivity contribution in [3.63, 3.8) is 0 Å². The lowest BCUT2D eigenvalue weighted by Gasteiger charge is -2.30. The molecule has 164 valence electrons. The number of rotatable bonds is 6. The largest absolute Gasteiger partial charge is 0.360 e. The van der Waals surface area contributed by atoms with E-state index in [1.54, 1.807) is 0 Å². The molecule has 0 saturated heterocycles. The van der Waals surface area contributed by atoms with Gasteiger partial charge >= 0.3 is 0 Å². The molecule has 2 aromatic rings. The number of aromatic nitrogens is 2. The predicted molar refractivity (Wildman–Crippen MR) is 116 cm³/mol. The van der Waals surface area contributed by atoms with E-state index in [4.69, 9.17) is 0 Å². The fourth-order valence-electron chi connectivity index (χ4n) is 3.51. The number of carbonyl (C=O) groups is 1. The van der Waals surface area contributed by atoms with E-state index in [9.17, 15) is 13.6 Å².